The number of aliphatic imine (C=N–C) groups is 1. The number of nitrogens with two attached hydrogens (primary N) is 1. The Labute approximate surface area is 148 Å². The van der Waals surface area contributed by atoms with Crippen LogP contribution in [-0.4, -0.2) is 37.3 Å². The lowest BCUT2D eigenvalue weighted by molar-refractivity contribution is 0.0527. The van der Waals surface area contributed by atoms with Crippen molar-refractivity contribution in [3.63, 3.8) is 0 Å². The second-order valence-corrected chi connectivity index (χ2v) is 7.10. The van der Waals surface area contributed by atoms with Crippen LogP contribution in [0.4, 0.5) is 4.79 Å². The molecule has 0 spiro atoms. The van der Waals surface area contributed by atoms with Gasteiger partial charge in [0, 0.05) is 19.6 Å². The molecule has 0 aromatic rings. The zero-order chi connectivity index (χ0) is 18.3. The molecule has 0 saturated heterocycles. The number of hydrogen-bond acceptors (Lipinski definition) is 3. The molecule has 0 fully saturated rings. The number of unbranched alkanes of at least 4 members (excludes halogenated alkanes) is 6. The first-order valence-electron chi connectivity index (χ1n) is 9.36. The van der Waals surface area contributed by atoms with E-state index in [1.54, 1.807) is 0 Å². The first-order valence-corrected chi connectivity index (χ1v) is 9.36. The van der Waals surface area contributed by atoms with E-state index < -0.39 is 5.60 Å². The van der Waals surface area contributed by atoms with Crippen molar-refractivity contribution in [3.05, 3.63) is 0 Å². The minimum Gasteiger partial charge on any atom is -0.444 e. The monoisotopic (exact) mass is 342 g/mol. The van der Waals surface area contributed by atoms with Gasteiger partial charge in [0.05, 0.1) is 0 Å². The van der Waals surface area contributed by atoms with Gasteiger partial charge in [0.15, 0.2) is 5.96 Å². The lowest BCUT2D eigenvalue weighted by Crippen LogP contribution is -2.34. The Morgan fingerprint density at radius 2 is 1.54 bits per heavy atom. The van der Waals surface area contributed by atoms with E-state index in [2.05, 4.69) is 22.5 Å². The van der Waals surface area contributed by atoms with Crippen LogP contribution in [0.3, 0.4) is 0 Å². The van der Waals surface area contributed by atoms with E-state index in [0.717, 1.165) is 32.4 Å². The Hall–Kier alpha value is -1.46. The van der Waals surface area contributed by atoms with Crippen LogP contribution < -0.4 is 16.4 Å². The Bertz CT molecular complexity index is 351. The summed E-state index contributed by atoms with van der Waals surface area (Å²) in [7, 11) is 0. The molecule has 0 aliphatic rings. The van der Waals surface area contributed by atoms with Crippen LogP contribution in [0.2, 0.25) is 0 Å². The number of amides is 1. The Morgan fingerprint density at radius 1 is 0.958 bits per heavy atom. The molecular weight excluding hydrogens is 304 g/mol. The lowest BCUT2D eigenvalue weighted by atomic mass is 10.1. The first-order chi connectivity index (χ1) is 11.3. The van der Waals surface area contributed by atoms with Crippen LogP contribution >= 0.6 is 0 Å². The van der Waals surface area contributed by atoms with Gasteiger partial charge in [-0.2, -0.15) is 0 Å². The zero-order valence-corrected chi connectivity index (χ0v) is 16.1. The number of hydrogen-bond donors (Lipinski definition) is 3. The molecule has 0 aromatic heterocycles. The number of nitrogens with zero attached hydrogens (tertiary/aromatic N) is 1. The third-order valence-corrected chi connectivity index (χ3v) is 3.37. The van der Waals surface area contributed by atoms with Gasteiger partial charge in [-0.15, -0.1) is 0 Å². The average molecular weight is 343 g/mol. The topological polar surface area (TPSA) is 88.7 Å². The Kier molecular flexibility index (Phi) is 13.1. The number of alkyl carbamates (subject to hydrolysis) is 1. The van der Waals surface area contributed by atoms with E-state index in [0.29, 0.717) is 12.5 Å². The fourth-order valence-electron chi connectivity index (χ4n) is 2.12. The van der Waals surface area contributed by atoms with E-state index in [4.69, 9.17) is 10.5 Å². The van der Waals surface area contributed by atoms with Crippen LogP contribution in [0.1, 0.15) is 79.1 Å². The molecule has 1 amide bonds. The van der Waals surface area contributed by atoms with E-state index in [9.17, 15) is 4.79 Å². The van der Waals surface area contributed by atoms with E-state index in [1.807, 2.05) is 20.8 Å². The minimum atomic E-state index is -0.452. The summed E-state index contributed by atoms with van der Waals surface area (Å²) in [6.07, 6.45) is 8.99. The summed E-state index contributed by atoms with van der Waals surface area (Å²) >= 11 is 0. The second-order valence-electron chi connectivity index (χ2n) is 7.10. The fourth-order valence-corrected chi connectivity index (χ4v) is 2.12. The summed E-state index contributed by atoms with van der Waals surface area (Å²) < 4.78 is 5.16. The van der Waals surface area contributed by atoms with Crippen LogP contribution in [0.15, 0.2) is 4.99 Å². The Morgan fingerprint density at radius 3 is 2.17 bits per heavy atom. The van der Waals surface area contributed by atoms with Crippen molar-refractivity contribution in [2.75, 3.05) is 19.6 Å². The first kappa shape index (κ1) is 22.5. The molecule has 142 valence electrons. The van der Waals surface area contributed by atoms with Crippen molar-refractivity contribution in [2.45, 2.75) is 84.7 Å². The largest absolute Gasteiger partial charge is 0.444 e. The van der Waals surface area contributed by atoms with Crippen LogP contribution in [0.25, 0.3) is 0 Å². The van der Waals surface area contributed by atoms with Crippen molar-refractivity contribution in [2.24, 2.45) is 10.7 Å². The number of carbonyl (C=O) groups is 1. The third kappa shape index (κ3) is 16.9. The van der Waals surface area contributed by atoms with Gasteiger partial charge in [0.25, 0.3) is 0 Å². The molecule has 6 heteroatoms. The van der Waals surface area contributed by atoms with Gasteiger partial charge in [0.2, 0.25) is 0 Å². The van der Waals surface area contributed by atoms with Crippen LogP contribution in [0.5, 0.6) is 0 Å². The maximum Gasteiger partial charge on any atom is 0.407 e. The third-order valence-electron chi connectivity index (χ3n) is 3.37. The highest BCUT2D eigenvalue weighted by molar-refractivity contribution is 5.77. The molecule has 0 aliphatic heterocycles. The number of carbonyl (C=O) groups excluding carboxylic acids is 1. The van der Waals surface area contributed by atoms with Crippen molar-refractivity contribution >= 4 is 12.1 Å². The highest BCUT2D eigenvalue weighted by Crippen LogP contribution is 2.06. The fraction of sp³-hybridized carbons (Fsp3) is 0.889. The van der Waals surface area contributed by atoms with Gasteiger partial charge < -0.3 is 21.1 Å². The van der Waals surface area contributed by atoms with Gasteiger partial charge in [-0.3, -0.25) is 4.99 Å². The molecule has 0 heterocycles. The summed E-state index contributed by atoms with van der Waals surface area (Å²) in [5.41, 5.74) is 5.37. The summed E-state index contributed by atoms with van der Waals surface area (Å²) in [6.45, 7) is 9.94. The van der Waals surface area contributed by atoms with Crippen molar-refractivity contribution in [1.29, 1.82) is 0 Å². The maximum atomic E-state index is 11.4. The quantitative estimate of drug-likeness (QED) is 0.287. The number of rotatable bonds is 12. The molecule has 0 radical (unpaired) electrons. The minimum absolute atomic E-state index is 0.365. The molecule has 6 nitrogen and oxygen atoms in total. The molecule has 24 heavy (non-hydrogen) atoms. The van der Waals surface area contributed by atoms with Gasteiger partial charge in [-0.25, -0.2) is 4.79 Å². The van der Waals surface area contributed by atoms with Gasteiger partial charge >= 0.3 is 6.09 Å². The van der Waals surface area contributed by atoms with E-state index >= 15 is 0 Å². The van der Waals surface area contributed by atoms with Crippen molar-refractivity contribution in [3.8, 4) is 0 Å². The van der Waals surface area contributed by atoms with E-state index in [-0.39, 0.29) is 6.09 Å². The Balaban J connectivity index is 3.46. The molecule has 0 aliphatic carbocycles. The second kappa shape index (κ2) is 13.9. The molecule has 4 N–H and O–H groups in total. The SMILES string of the molecule is CCCCCCCCN=C(N)NCCCCNC(=O)OC(C)(C)C. The number of ether oxygens (including phenoxy) is 1. The summed E-state index contributed by atoms with van der Waals surface area (Å²) in [4.78, 5) is 15.8. The molecular formula is C18H38N4O2. The lowest BCUT2D eigenvalue weighted by Gasteiger charge is -2.19. The number of guanidine groups is 1. The normalized spacial score (nSPS) is 12.1. The zero-order valence-electron chi connectivity index (χ0n) is 16.1. The predicted molar refractivity (Wildman–Crippen MR) is 101 cm³/mol. The van der Waals surface area contributed by atoms with Crippen molar-refractivity contribution in [1.82, 2.24) is 10.6 Å². The highest BCUT2D eigenvalue weighted by Gasteiger charge is 2.15. The van der Waals surface area contributed by atoms with Crippen molar-refractivity contribution < 1.29 is 9.53 Å². The molecule has 0 rings (SSSR count). The maximum absolute atomic E-state index is 11.4. The molecule has 0 saturated carbocycles. The molecule has 0 bridgehead atoms. The van der Waals surface area contributed by atoms with Gasteiger partial charge in [0.1, 0.15) is 5.60 Å². The van der Waals surface area contributed by atoms with Gasteiger partial charge in [-0.05, 0) is 40.0 Å². The van der Waals surface area contributed by atoms with Crippen LogP contribution in [0, 0.1) is 0 Å². The summed E-state index contributed by atoms with van der Waals surface area (Å²) in [5, 5.41) is 5.84. The van der Waals surface area contributed by atoms with Crippen LogP contribution in [-0.2, 0) is 4.74 Å². The number of nitrogens with one attached hydrogen (secondary N) is 2. The smallest absolute Gasteiger partial charge is 0.407 e. The summed E-state index contributed by atoms with van der Waals surface area (Å²) in [5.74, 6) is 0.517. The average Bonchev–Trinajstić information content (AvgIpc) is 2.48. The molecule has 0 unspecified atom stereocenters. The molecule has 0 aromatic carbocycles. The van der Waals surface area contributed by atoms with E-state index in [1.165, 1.54) is 32.1 Å². The van der Waals surface area contributed by atoms with Gasteiger partial charge in [-0.1, -0.05) is 39.0 Å². The summed E-state index contributed by atoms with van der Waals surface area (Å²) in [6, 6.07) is 0. The predicted octanol–water partition coefficient (Wildman–Crippen LogP) is 3.56. The standard InChI is InChI=1S/C18H38N4O2/c1-5-6-7-8-9-10-13-20-16(19)21-14-11-12-15-22-17(23)24-18(2,3)4/h5-15H2,1-4H3,(H,22,23)(H3,19,20,21). The molecule has 0 atom stereocenters. The highest BCUT2D eigenvalue weighted by atomic mass is 16.6.